The van der Waals surface area contributed by atoms with E-state index >= 15 is 0 Å². The van der Waals surface area contributed by atoms with Crippen LogP contribution in [0.25, 0.3) is 0 Å². The Morgan fingerprint density at radius 3 is 2.71 bits per heavy atom. The average Bonchev–Trinajstić information content (AvgIpc) is 2.29. The second-order valence-electron chi connectivity index (χ2n) is 3.29. The molecule has 1 aromatic carbocycles. The maximum Gasteiger partial charge on any atom is 0.131 e. The van der Waals surface area contributed by atoms with E-state index in [1.807, 2.05) is 0 Å². The number of nitrogens with one attached hydrogen (secondary N) is 1. The van der Waals surface area contributed by atoms with Gasteiger partial charge in [-0.05, 0) is 30.3 Å². The summed E-state index contributed by atoms with van der Waals surface area (Å²) in [5.41, 5.74) is 1.91. The zero-order valence-electron chi connectivity index (χ0n) is 8.61. The third kappa shape index (κ3) is 2.88. The molecule has 17 heavy (non-hydrogen) atoms. The minimum absolute atomic E-state index is 0.385. The molecular formula is C12H7Cl2N3. The van der Waals surface area contributed by atoms with Gasteiger partial charge in [-0.3, -0.25) is 0 Å². The molecule has 0 saturated carbocycles. The van der Waals surface area contributed by atoms with Gasteiger partial charge in [0.25, 0.3) is 0 Å². The third-order valence-corrected chi connectivity index (χ3v) is 2.55. The molecule has 1 aromatic heterocycles. The van der Waals surface area contributed by atoms with Crippen molar-refractivity contribution in [2.45, 2.75) is 0 Å². The van der Waals surface area contributed by atoms with Crippen LogP contribution < -0.4 is 5.32 Å². The van der Waals surface area contributed by atoms with Crippen LogP contribution in [0.4, 0.5) is 11.4 Å². The Balaban J connectivity index is 2.36. The largest absolute Gasteiger partial charge is 0.354 e. The number of benzene rings is 1. The summed E-state index contributed by atoms with van der Waals surface area (Å²) in [7, 11) is 0. The summed E-state index contributed by atoms with van der Waals surface area (Å²) in [5, 5.41) is 13.0. The van der Waals surface area contributed by atoms with E-state index < -0.39 is 0 Å². The number of nitrogens with zero attached hydrogens (tertiary/aromatic N) is 2. The molecule has 5 heteroatoms. The predicted molar refractivity (Wildman–Crippen MR) is 68.7 cm³/mol. The molecule has 0 aliphatic carbocycles. The Morgan fingerprint density at radius 1 is 1.18 bits per heavy atom. The first kappa shape index (κ1) is 11.7. The predicted octanol–water partition coefficient (Wildman–Crippen LogP) is 4.00. The highest BCUT2D eigenvalue weighted by atomic mass is 35.5. The molecule has 84 valence electrons. The number of anilines is 2. The summed E-state index contributed by atoms with van der Waals surface area (Å²) in [6.45, 7) is 0. The molecule has 0 atom stereocenters. The fourth-order valence-corrected chi connectivity index (χ4v) is 1.70. The maximum absolute atomic E-state index is 8.97. The molecule has 2 rings (SSSR count). The molecule has 0 radical (unpaired) electrons. The van der Waals surface area contributed by atoms with Gasteiger partial charge in [0.05, 0.1) is 11.3 Å². The van der Waals surface area contributed by atoms with Crippen molar-refractivity contribution in [2.75, 3.05) is 5.32 Å². The van der Waals surface area contributed by atoms with Gasteiger partial charge >= 0.3 is 0 Å². The van der Waals surface area contributed by atoms with Crippen LogP contribution >= 0.6 is 23.2 Å². The van der Waals surface area contributed by atoms with Crippen LogP contribution in [0.3, 0.4) is 0 Å². The minimum Gasteiger partial charge on any atom is -0.354 e. The van der Waals surface area contributed by atoms with Crippen LogP contribution in [0.1, 0.15) is 5.56 Å². The Labute approximate surface area is 109 Å². The van der Waals surface area contributed by atoms with Crippen LogP contribution in [-0.2, 0) is 0 Å². The van der Waals surface area contributed by atoms with Gasteiger partial charge < -0.3 is 5.32 Å². The first-order chi connectivity index (χ1) is 8.19. The molecule has 0 fully saturated rings. The van der Waals surface area contributed by atoms with Crippen molar-refractivity contribution < 1.29 is 0 Å². The van der Waals surface area contributed by atoms with Gasteiger partial charge in [0.15, 0.2) is 0 Å². The van der Waals surface area contributed by atoms with Crippen molar-refractivity contribution >= 4 is 34.6 Å². The van der Waals surface area contributed by atoms with E-state index in [-0.39, 0.29) is 0 Å². The van der Waals surface area contributed by atoms with Crippen LogP contribution in [0.15, 0.2) is 36.5 Å². The quantitative estimate of drug-likeness (QED) is 0.834. The van der Waals surface area contributed by atoms with Gasteiger partial charge in [0, 0.05) is 16.9 Å². The summed E-state index contributed by atoms with van der Waals surface area (Å²) < 4.78 is 0. The zero-order chi connectivity index (χ0) is 12.3. The van der Waals surface area contributed by atoms with Gasteiger partial charge in [-0.2, -0.15) is 5.26 Å². The van der Waals surface area contributed by atoms with Crippen molar-refractivity contribution in [1.82, 2.24) is 4.98 Å². The third-order valence-electron chi connectivity index (χ3n) is 2.11. The Bertz CT molecular complexity index is 591. The molecule has 3 nitrogen and oxygen atoms in total. The molecule has 1 heterocycles. The van der Waals surface area contributed by atoms with Gasteiger partial charge in [0.1, 0.15) is 11.2 Å². The Kier molecular flexibility index (Phi) is 3.48. The summed E-state index contributed by atoms with van der Waals surface area (Å²) in [4.78, 5) is 3.88. The second-order valence-corrected chi connectivity index (χ2v) is 4.12. The fraction of sp³-hybridized carbons (Fsp3) is 0. The van der Waals surface area contributed by atoms with Gasteiger partial charge in [0.2, 0.25) is 0 Å². The number of nitriles is 1. The number of rotatable bonds is 2. The van der Waals surface area contributed by atoms with Crippen LogP contribution in [-0.4, -0.2) is 4.98 Å². The standard InChI is InChI=1S/C12H7Cl2N3/c13-9-2-1-8(7-15)11(5-9)17-10-3-4-16-12(14)6-10/h1-6H,(H,16,17). The first-order valence-electron chi connectivity index (χ1n) is 4.77. The number of hydrogen-bond donors (Lipinski definition) is 1. The highest BCUT2D eigenvalue weighted by Gasteiger charge is 2.03. The van der Waals surface area contributed by atoms with E-state index in [2.05, 4.69) is 16.4 Å². The number of pyridine rings is 1. The highest BCUT2D eigenvalue weighted by molar-refractivity contribution is 6.31. The molecule has 0 unspecified atom stereocenters. The molecule has 1 N–H and O–H groups in total. The van der Waals surface area contributed by atoms with Gasteiger partial charge in [-0.1, -0.05) is 23.2 Å². The number of aromatic nitrogens is 1. The van der Waals surface area contributed by atoms with Crippen molar-refractivity contribution in [2.24, 2.45) is 0 Å². The number of halogens is 2. The normalized spacial score (nSPS) is 9.71. The van der Waals surface area contributed by atoms with Crippen molar-refractivity contribution in [3.8, 4) is 6.07 Å². The monoisotopic (exact) mass is 263 g/mol. The van der Waals surface area contributed by atoms with E-state index in [4.69, 9.17) is 28.5 Å². The molecule has 0 saturated heterocycles. The minimum atomic E-state index is 0.385. The van der Waals surface area contributed by atoms with Gasteiger partial charge in [-0.25, -0.2) is 4.98 Å². The molecule has 2 aromatic rings. The lowest BCUT2D eigenvalue weighted by molar-refractivity contribution is 1.32. The summed E-state index contributed by atoms with van der Waals surface area (Å²) in [5.74, 6) is 0. The SMILES string of the molecule is N#Cc1ccc(Cl)cc1Nc1ccnc(Cl)c1. The molecule has 0 spiro atoms. The highest BCUT2D eigenvalue weighted by Crippen LogP contribution is 2.24. The fourth-order valence-electron chi connectivity index (χ4n) is 1.35. The van der Waals surface area contributed by atoms with E-state index in [1.54, 1.807) is 36.5 Å². The Hall–Kier alpha value is -1.76. The van der Waals surface area contributed by atoms with Crippen LogP contribution in [0, 0.1) is 11.3 Å². The molecule has 0 amide bonds. The molecule has 0 aliphatic heterocycles. The lowest BCUT2D eigenvalue weighted by Gasteiger charge is -2.08. The van der Waals surface area contributed by atoms with E-state index in [0.717, 1.165) is 5.69 Å². The van der Waals surface area contributed by atoms with Crippen molar-refractivity contribution in [3.63, 3.8) is 0 Å². The second kappa shape index (κ2) is 5.05. The van der Waals surface area contributed by atoms with Crippen LogP contribution in [0.5, 0.6) is 0 Å². The average molecular weight is 264 g/mol. The lowest BCUT2D eigenvalue weighted by atomic mass is 10.2. The topological polar surface area (TPSA) is 48.7 Å². The van der Waals surface area contributed by atoms with E-state index in [9.17, 15) is 0 Å². The van der Waals surface area contributed by atoms with Crippen LogP contribution in [0.2, 0.25) is 10.2 Å². The smallest absolute Gasteiger partial charge is 0.131 e. The Morgan fingerprint density at radius 2 is 2.00 bits per heavy atom. The van der Waals surface area contributed by atoms with Gasteiger partial charge in [-0.15, -0.1) is 0 Å². The summed E-state index contributed by atoms with van der Waals surface area (Å²) in [6.07, 6.45) is 1.58. The summed E-state index contributed by atoms with van der Waals surface area (Å²) in [6, 6.07) is 10.5. The lowest BCUT2D eigenvalue weighted by Crippen LogP contribution is -1.94. The van der Waals surface area contributed by atoms with Crippen molar-refractivity contribution in [1.29, 1.82) is 5.26 Å². The molecule has 0 bridgehead atoms. The number of hydrogen-bond acceptors (Lipinski definition) is 3. The molecular weight excluding hydrogens is 257 g/mol. The summed E-state index contributed by atoms with van der Waals surface area (Å²) >= 11 is 11.7. The molecule has 0 aliphatic rings. The van der Waals surface area contributed by atoms with Crippen molar-refractivity contribution in [3.05, 3.63) is 52.3 Å². The maximum atomic E-state index is 8.97. The zero-order valence-corrected chi connectivity index (χ0v) is 10.1. The first-order valence-corrected chi connectivity index (χ1v) is 5.53. The van der Waals surface area contributed by atoms with E-state index in [0.29, 0.717) is 21.4 Å². The van der Waals surface area contributed by atoms with E-state index in [1.165, 1.54) is 0 Å².